The van der Waals surface area contributed by atoms with Crippen molar-refractivity contribution in [1.82, 2.24) is 0 Å². The van der Waals surface area contributed by atoms with E-state index in [2.05, 4.69) is 5.32 Å². The molecule has 1 heterocycles. The third kappa shape index (κ3) is 3.63. The lowest BCUT2D eigenvalue weighted by Crippen LogP contribution is -2.32. The number of hydrogen-bond acceptors (Lipinski definition) is 6. The molecule has 0 radical (unpaired) electrons. The summed E-state index contributed by atoms with van der Waals surface area (Å²) >= 11 is 6.05. The van der Waals surface area contributed by atoms with Gasteiger partial charge in [0.25, 0.3) is 11.8 Å². The molecule has 2 aromatic carbocycles. The molecule has 0 unspecified atom stereocenters. The summed E-state index contributed by atoms with van der Waals surface area (Å²) in [6.07, 6.45) is 0. The normalized spacial score (nSPS) is 13.9. The molecule has 27 heavy (non-hydrogen) atoms. The summed E-state index contributed by atoms with van der Waals surface area (Å²) in [5.74, 6) is -1.82. The summed E-state index contributed by atoms with van der Waals surface area (Å²) in [5, 5.41) is 12.0. The first-order valence-electron chi connectivity index (χ1n) is 8.04. The van der Waals surface area contributed by atoms with Gasteiger partial charge in [-0.2, -0.15) is 0 Å². The number of anilines is 2. The molecule has 2 amide bonds. The van der Waals surface area contributed by atoms with Gasteiger partial charge in [-0.1, -0.05) is 17.7 Å². The van der Waals surface area contributed by atoms with Crippen molar-refractivity contribution < 1.29 is 24.2 Å². The van der Waals surface area contributed by atoms with Gasteiger partial charge in [-0.05, 0) is 43.3 Å². The minimum absolute atomic E-state index is 0.0000878. The van der Waals surface area contributed by atoms with Crippen molar-refractivity contribution >= 4 is 40.8 Å². The van der Waals surface area contributed by atoms with E-state index in [0.29, 0.717) is 11.3 Å². The number of phenolic OH excluding ortho intramolecular Hbond substituents is 1. The number of aromatic hydroxyl groups is 1. The first-order chi connectivity index (χ1) is 12.9. The second-order valence-corrected chi connectivity index (χ2v) is 5.96. The minimum Gasteiger partial charge on any atom is -0.508 e. The third-order valence-corrected chi connectivity index (χ3v) is 4.13. The Balaban J connectivity index is 1.84. The maximum atomic E-state index is 12.7. The number of ether oxygens (including phenoxy) is 1. The van der Waals surface area contributed by atoms with Crippen molar-refractivity contribution in [2.45, 2.75) is 6.92 Å². The van der Waals surface area contributed by atoms with E-state index in [1.54, 1.807) is 19.1 Å². The van der Waals surface area contributed by atoms with Crippen LogP contribution in [0.2, 0.25) is 0 Å². The van der Waals surface area contributed by atoms with Crippen molar-refractivity contribution in [3.05, 3.63) is 64.8 Å². The van der Waals surface area contributed by atoms with Gasteiger partial charge in [0, 0.05) is 11.8 Å². The van der Waals surface area contributed by atoms with Crippen LogP contribution in [0.4, 0.5) is 11.4 Å². The van der Waals surface area contributed by atoms with Gasteiger partial charge in [0.2, 0.25) is 0 Å². The Morgan fingerprint density at radius 2 is 1.85 bits per heavy atom. The van der Waals surface area contributed by atoms with E-state index in [1.165, 1.54) is 36.4 Å². The molecular formula is C19H15ClN2O5. The molecular weight excluding hydrogens is 372 g/mol. The Bertz CT molecular complexity index is 953. The van der Waals surface area contributed by atoms with E-state index in [0.717, 1.165) is 4.90 Å². The van der Waals surface area contributed by atoms with Crippen molar-refractivity contribution in [2.75, 3.05) is 16.8 Å². The number of benzene rings is 2. The van der Waals surface area contributed by atoms with Gasteiger partial charge in [-0.15, -0.1) is 0 Å². The first-order valence-corrected chi connectivity index (χ1v) is 8.42. The highest BCUT2D eigenvalue weighted by Gasteiger charge is 2.39. The van der Waals surface area contributed by atoms with E-state index in [9.17, 15) is 19.5 Å². The third-order valence-electron chi connectivity index (χ3n) is 3.78. The molecule has 1 aliphatic rings. The van der Waals surface area contributed by atoms with E-state index in [4.69, 9.17) is 16.3 Å². The Morgan fingerprint density at radius 1 is 1.15 bits per heavy atom. The van der Waals surface area contributed by atoms with E-state index in [1.807, 2.05) is 0 Å². The number of carbonyl (C=O) groups excluding carboxylic acids is 3. The Kier molecular flexibility index (Phi) is 5.14. The fourth-order valence-corrected chi connectivity index (χ4v) is 2.75. The fraction of sp³-hybridized carbons (Fsp3) is 0.105. The van der Waals surface area contributed by atoms with E-state index >= 15 is 0 Å². The van der Waals surface area contributed by atoms with Crippen LogP contribution >= 0.6 is 11.6 Å². The highest BCUT2D eigenvalue weighted by atomic mass is 35.5. The predicted octanol–water partition coefficient (Wildman–Crippen LogP) is 3.00. The summed E-state index contributed by atoms with van der Waals surface area (Å²) in [6.45, 7) is 1.94. The number of nitrogens with one attached hydrogen (secondary N) is 1. The molecule has 0 aromatic heterocycles. The van der Waals surface area contributed by atoms with Crippen LogP contribution in [0.15, 0.2) is 59.3 Å². The van der Waals surface area contributed by atoms with Crippen LogP contribution in [0.5, 0.6) is 5.75 Å². The quantitative estimate of drug-likeness (QED) is 0.605. The number of phenols is 1. The molecule has 2 aromatic rings. The highest BCUT2D eigenvalue weighted by Crippen LogP contribution is 2.30. The second kappa shape index (κ2) is 7.51. The van der Waals surface area contributed by atoms with Crippen LogP contribution in [0, 0.1) is 0 Å². The van der Waals surface area contributed by atoms with Gasteiger partial charge in [0.15, 0.2) is 0 Å². The van der Waals surface area contributed by atoms with Gasteiger partial charge in [0.1, 0.15) is 16.5 Å². The second-order valence-electron chi connectivity index (χ2n) is 5.58. The molecule has 7 nitrogen and oxygen atoms in total. The summed E-state index contributed by atoms with van der Waals surface area (Å²) in [7, 11) is 0. The summed E-state index contributed by atoms with van der Waals surface area (Å²) in [5.41, 5.74) is 0.881. The van der Waals surface area contributed by atoms with Gasteiger partial charge in [0.05, 0.1) is 17.9 Å². The van der Waals surface area contributed by atoms with Crippen molar-refractivity contribution in [1.29, 1.82) is 0 Å². The number of esters is 1. The number of halogens is 1. The lowest BCUT2D eigenvalue weighted by Gasteiger charge is -2.15. The van der Waals surface area contributed by atoms with Crippen molar-refractivity contribution in [3.63, 3.8) is 0 Å². The summed E-state index contributed by atoms with van der Waals surface area (Å²) < 4.78 is 4.90. The maximum Gasteiger partial charge on any atom is 0.338 e. The number of nitrogens with zero attached hydrogens (tertiary/aromatic N) is 1. The highest BCUT2D eigenvalue weighted by molar-refractivity contribution is 6.53. The lowest BCUT2D eigenvalue weighted by atomic mass is 10.2. The molecule has 0 spiro atoms. The van der Waals surface area contributed by atoms with E-state index in [-0.39, 0.29) is 28.8 Å². The van der Waals surface area contributed by atoms with Gasteiger partial charge >= 0.3 is 5.97 Å². The van der Waals surface area contributed by atoms with Gasteiger partial charge in [-0.25, -0.2) is 9.69 Å². The zero-order chi connectivity index (χ0) is 19.6. The molecule has 0 saturated heterocycles. The van der Waals surface area contributed by atoms with Crippen LogP contribution in [0.1, 0.15) is 17.3 Å². The average molecular weight is 387 g/mol. The molecule has 1 aliphatic heterocycles. The molecule has 2 N–H and O–H groups in total. The summed E-state index contributed by atoms with van der Waals surface area (Å²) in [4.78, 5) is 37.7. The molecule has 0 atom stereocenters. The summed E-state index contributed by atoms with van der Waals surface area (Å²) in [6, 6.07) is 11.9. The van der Waals surface area contributed by atoms with Gasteiger partial charge in [-0.3, -0.25) is 9.59 Å². The smallest absolute Gasteiger partial charge is 0.338 e. The number of hydrogen-bond donors (Lipinski definition) is 2. The molecule has 8 heteroatoms. The fourth-order valence-electron chi connectivity index (χ4n) is 2.53. The zero-order valence-electron chi connectivity index (χ0n) is 14.2. The number of carbonyl (C=O) groups is 3. The van der Waals surface area contributed by atoms with Crippen LogP contribution in [-0.2, 0) is 14.3 Å². The average Bonchev–Trinajstić information content (AvgIpc) is 2.86. The molecule has 0 fully saturated rings. The molecule has 138 valence electrons. The minimum atomic E-state index is -0.687. The topological polar surface area (TPSA) is 95.9 Å². The van der Waals surface area contributed by atoms with Crippen LogP contribution in [0.3, 0.4) is 0 Å². The molecule has 0 aliphatic carbocycles. The lowest BCUT2D eigenvalue weighted by molar-refractivity contribution is -0.120. The predicted molar refractivity (Wildman–Crippen MR) is 99.5 cm³/mol. The molecule has 3 rings (SSSR count). The van der Waals surface area contributed by atoms with Gasteiger partial charge < -0.3 is 15.2 Å². The zero-order valence-corrected chi connectivity index (χ0v) is 15.0. The van der Waals surface area contributed by atoms with E-state index < -0.39 is 17.8 Å². The Labute approximate surface area is 159 Å². The van der Waals surface area contributed by atoms with Crippen LogP contribution in [0.25, 0.3) is 0 Å². The molecule has 0 bridgehead atoms. The first kappa shape index (κ1) is 18.5. The Hall–Kier alpha value is -3.32. The van der Waals surface area contributed by atoms with Crippen molar-refractivity contribution in [2.24, 2.45) is 0 Å². The number of rotatable bonds is 5. The monoisotopic (exact) mass is 386 g/mol. The SMILES string of the molecule is CCOC(=O)c1ccc(N2C(=O)C(Cl)=C(Nc3cccc(O)c3)C2=O)cc1. The van der Waals surface area contributed by atoms with Crippen molar-refractivity contribution in [3.8, 4) is 5.75 Å². The maximum absolute atomic E-state index is 12.7. The largest absolute Gasteiger partial charge is 0.508 e. The van der Waals surface area contributed by atoms with Crippen LogP contribution in [-0.4, -0.2) is 29.5 Å². The van der Waals surface area contributed by atoms with Crippen LogP contribution < -0.4 is 10.2 Å². The number of imide groups is 1. The Morgan fingerprint density at radius 3 is 2.48 bits per heavy atom. The molecule has 0 saturated carbocycles. The standard InChI is InChI=1S/C19H15ClN2O5/c1-2-27-19(26)11-6-8-13(9-7-11)22-17(24)15(20)16(18(22)25)21-12-4-3-5-14(23)10-12/h3-10,21,23H,2H2,1H3. The number of amides is 2.